The van der Waals surface area contributed by atoms with Crippen molar-refractivity contribution in [2.75, 3.05) is 13.2 Å². The molecule has 2 saturated carbocycles. The Morgan fingerprint density at radius 1 is 0.846 bits per heavy atom. The summed E-state index contributed by atoms with van der Waals surface area (Å²) >= 11 is 0. The summed E-state index contributed by atoms with van der Waals surface area (Å²) in [7, 11) is 0. The number of rotatable bonds is 2. The van der Waals surface area contributed by atoms with Gasteiger partial charge in [0.25, 0.3) is 0 Å². The van der Waals surface area contributed by atoms with Crippen molar-refractivity contribution < 1.29 is 20.4 Å². The van der Waals surface area contributed by atoms with Crippen LogP contribution in [0.5, 0.6) is 0 Å². The first-order chi connectivity index (χ1) is 6.20. The summed E-state index contributed by atoms with van der Waals surface area (Å²) in [6.07, 6.45) is -0.673. The third kappa shape index (κ3) is 1.13. The zero-order valence-electron chi connectivity index (χ0n) is 7.37. The van der Waals surface area contributed by atoms with Crippen LogP contribution in [0.15, 0.2) is 0 Å². The number of hydrogen-bond donors (Lipinski definition) is 4. The summed E-state index contributed by atoms with van der Waals surface area (Å²) in [6.45, 7) is -0.00759. The zero-order valence-corrected chi connectivity index (χ0v) is 7.37. The normalized spacial score (nSPS) is 54.5. The Bertz CT molecular complexity index is 172. The number of fused-ring (bicyclic) bond motifs is 2. The van der Waals surface area contributed by atoms with Gasteiger partial charge in [-0.1, -0.05) is 0 Å². The molecule has 76 valence electrons. The largest absolute Gasteiger partial charge is 0.396 e. The van der Waals surface area contributed by atoms with E-state index in [4.69, 9.17) is 10.2 Å². The van der Waals surface area contributed by atoms with Crippen LogP contribution in [-0.2, 0) is 0 Å². The Hall–Kier alpha value is -0.160. The Morgan fingerprint density at radius 2 is 1.23 bits per heavy atom. The molecule has 4 N–H and O–H groups in total. The molecule has 0 aliphatic heterocycles. The lowest BCUT2D eigenvalue weighted by Gasteiger charge is -2.34. The first-order valence-electron chi connectivity index (χ1n) is 4.78. The topological polar surface area (TPSA) is 80.9 Å². The van der Waals surface area contributed by atoms with E-state index in [-0.39, 0.29) is 36.9 Å². The van der Waals surface area contributed by atoms with Crippen molar-refractivity contribution in [2.24, 2.45) is 23.7 Å². The van der Waals surface area contributed by atoms with Gasteiger partial charge < -0.3 is 20.4 Å². The van der Waals surface area contributed by atoms with Crippen LogP contribution in [0.3, 0.4) is 0 Å². The molecule has 0 unspecified atom stereocenters. The number of hydrogen-bond acceptors (Lipinski definition) is 4. The molecule has 0 spiro atoms. The second-order valence-electron chi connectivity index (χ2n) is 4.24. The van der Waals surface area contributed by atoms with E-state index in [1.807, 2.05) is 0 Å². The molecule has 0 heterocycles. The molecule has 2 aliphatic carbocycles. The summed E-state index contributed by atoms with van der Waals surface area (Å²) < 4.78 is 0. The van der Waals surface area contributed by atoms with Gasteiger partial charge in [0.15, 0.2) is 0 Å². The maximum atomic E-state index is 9.56. The zero-order chi connectivity index (χ0) is 9.59. The van der Waals surface area contributed by atoms with E-state index in [2.05, 4.69) is 0 Å². The van der Waals surface area contributed by atoms with Crippen LogP contribution in [0.25, 0.3) is 0 Å². The van der Waals surface area contributed by atoms with Gasteiger partial charge in [-0.2, -0.15) is 0 Å². The SMILES string of the molecule is OC[C@@H]1[C@H](CO)[C@H]2C[C@@H]1[C@@H](O)[C@H]2O. The molecular weight excluding hydrogens is 172 g/mol. The molecule has 0 saturated heterocycles. The second-order valence-corrected chi connectivity index (χ2v) is 4.24. The van der Waals surface area contributed by atoms with Crippen LogP contribution in [0.2, 0.25) is 0 Å². The molecule has 4 heteroatoms. The van der Waals surface area contributed by atoms with Gasteiger partial charge in [0.05, 0.1) is 12.2 Å². The Morgan fingerprint density at radius 3 is 1.54 bits per heavy atom. The third-order valence-corrected chi connectivity index (χ3v) is 3.84. The Labute approximate surface area is 76.8 Å². The van der Waals surface area contributed by atoms with Crippen LogP contribution in [0.4, 0.5) is 0 Å². The molecule has 2 bridgehead atoms. The molecule has 0 aromatic carbocycles. The molecule has 0 amide bonds. The lowest BCUT2D eigenvalue weighted by atomic mass is 9.77. The second kappa shape index (κ2) is 3.20. The van der Waals surface area contributed by atoms with Gasteiger partial charge in [-0.05, 0) is 30.1 Å². The van der Waals surface area contributed by atoms with E-state index in [1.165, 1.54) is 0 Å². The minimum absolute atomic E-state index is 0.00380. The lowest BCUT2D eigenvalue weighted by molar-refractivity contribution is -0.0760. The van der Waals surface area contributed by atoms with Crippen molar-refractivity contribution >= 4 is 0 Å². The monoisotopic (exact) mass is 188 g/mol. The Balaban J connectivity index is 2.17. The van der Waals surface area contributed by atoms with Crippen molar-refractivity contribution in [1.82, 2.24) is 0 Å². The summed E-state index contributed by atoms with van der Waals surface area (Å²) in [6, 6.07) is 0. The van der Waals surface area contributed by atoms with Gasteiger partial charge in [-0.25, -0.2) is 0 Å². The van der Waals surface area contributed by atoms with Crippen molar-refractivity contribution in [3.63, 3.8) is 0 Å². The van der Waals surface area contributed by atoms with E-state index in [0.717, 1.165) is 6.42 Å². The van der Waals surface area contributed by atoms with Crippen LogP contribution in [0, 0.1) is 23.7 Å². The van der Waals surface area contributed by atoms with Gasteiger partial charge in [-0.15, -0.1) is 0 Å². The number of aliphatic hydroxyl groups is 4. The van der Waals surface area contributed by atoms with Crippen LogP contribution in [0.1, 0.15) is 6.42 Å². The lowest BCUT2D eigenvalue weighted by Crippen LogP contribution is -2.44. The van der Waals surface area contributed by atoms with E-state index in [1.54, 1.807) is 0 Å². The molecule has 2 rings (SSSR count). The molecule has 2 fully saturated rings. The smallest absolute Gasteiger partial charge is 0.0833 e. The molecule has 0 aromatic heterocycles. The highest BCUT2D eigenvalue weighted by molar-refractivity contribution is 5.05. The molecule has 6 atom stereocenters. The fraction of sp³-hybridized carbons (Fsp3) is 1.00. The molecule has 0 radical (unpaired) electrons. The van der Waals surface area contributed by atoms with Crippen LogP contribution < -0.4 is 0 Å². The van der Waals surface area contributed by atoms with Gasteiger partial charge in [0, 0.05) is 13.2 Å². The third-order valence-electron chi connectivity index (χ3n) is 3.84. The highest BCUT2D eigenvalue weighted by Gasteiger charge is 2.56. The molecule has 2 aliphatic rings. The van der Waals surface area contributed by atoms with E-state index in [9.17, 15) is 10.2 Å². The van der Waals surface area contributed by atoms with Gasteiger partial charge in [0.1, 0.15) is 0 Å². The average molecular weight is 188 g/mol. The maximum Gasteiger partial charge on any atom is 0.0833 e. The van der Waals surface area contributed by atoms with Gasteiger partial charge >= 0.3 is 0 Å². The van der Waals surface area contributed by atoms with Crippen molar-refractivity contribution in [3.05, 3.63) is 0 Å². The highest BCUT2D eigenvalue weighted by Crippen LogP contribution is 2.51. The quantitative estimate of drug-likeness (QED) is 0.428. The van der Waals surface area contributed by atoms with E-state index < -0.39 is 12.2 Å². The standard InChI is InChI=1S/C9H16O4/c10-2-6-4-1-5(7(6)3-11)9(13)8(4)12/h4-13H,1-3H2/t4-,5+,6-,7+,8+,9-. The highest BCUT2D eigenvalue weighted by atomic mass is 16.3. The predicted molar refractivity (Wildman–Crippen MR) is 44.8 cm³/mol. The van der Waals surface area contributed by atoms with E-state index >= 15 is 0 Å². The summed E-state index contributed by atoms with van der Waals surface area (Å²) in [4.78, 5) is 0. The van der Waals surface area contributed by atoms with Gasteiger partial charge in [-0.3, -0.25) is 0 Å². The van der Waals surface area contributed by atoms with E-state index in [0.29, 0.717) is 0 Å². The average Bonchev–Trinajstić information content (AvgIpc) is 2.63. The number of aliphatic hydroxyl groups excluding tert-OH is 4. The fourth-order valence-corrected chi connectivity index (χ4v) is 3.13. The van der Waals surface area contributed by atoms with Gasteiger partial charge in [0.2, 0.25) is 0 Å². The maximum absolute atomic E-state index is 9.56. The summed E-state index contributed by atoms with van der Waals surface area (Å²) in [5.41, 5.74) is 0. The molecule has 13 heavy (non-hydrogen) atoms. The molecule has 0 aromatic rings. The molecular formula is C9H16O4. The summed E-state index contributed by atoms with van der Waals surface area (Å²) in [5.74, 6) is -0.119. The van der Waals surface area contributed by atoms with Crippen molar-refractivity contribution in [3.8, 4) is 0 Å². The van der Waals surface area contributed by atoms with Crippen molar-refractivity contribution in [1.29, 1.82) is 0 Å². The van der Waals surface area contributed by atoms with Crippen LogP contribution in [-0.4, -0.2) is 45.8 Å². The minimum atomic E-state index is -0.704. The first kappa shape index (κ1) is 9.40. The fourth-order valence-electron chi connectivity index (χ4n) is 3.13. The van der Waals surface area contributed by atoms with Crippen LogP contribution >= 0.6 is 0 Å². The minimum Gasteiger partial charge on any atom is -0.396 e. The Kier molecular flexibility index (Phi) is 2.32. The predicted octanol–water partition coefficient (Wildman–Crippen LogP) is -1.43. The summed E-state index contributed by atoms with van der Waals surface area (Å²) in [5, 5.41) is 37.3. The van der Waals surface area contributed by atoms with Crippen molar-refractivity contribution in [2.45, 2.75) is 18.6 Å². The first-order valence-corrected chi connectivity index (χ1v) is 4.78. The molecule has 4 nitrogen and oxygen atoms in total.